The van der Waals surface area contributed by atoms with Crippen LogP contribution in [0.15, 0.2) is 18.2 Å². The first kappa shape index (κ1) is 15.3. The van der Waals surface area contributed by atoms with Gasteiger partial charge in [0.15, 0.2) is 0 Å². The van der Waals surface area contributed by atoms with E-state index < -0.39 is 4.92 Å². The van der Waals surface area contributed by atoms with Crippen molar-refractivity contribution >= 4 is 39.1 Å². The van der Waals surface area contributed by atoms with Gasteiger partial charge >= 0.3 is 0 Å². The molecule has 0 aromatic heterocycles. The van der Waals surface area contributed by atoms with Crippen molar-refractivity contribution in [2.75, 3.05) is 11.9 Å². The molecule has 1 aromatic carbocycles. The smallest absolute Gasteiger partial charge is 0.283 e. The van der Waals surface area contributed by atoms with E-state index in [1.165, 1.54) is 18.2 Å². The third-order valence-corrected chi connectivity index (χ3v) is 4.59. The minimum Gasteiger partial charge on any atom is -0.334 e. The summed E-state index contributed by atoms with van der Waals surface area (Å²) < 4.78 is 0. The van der Waals surface area contributed by atoms with Crippen molar-refractivity contribution in [2.24, 2.45) is 5.92 Å². The van der Waals surface area contributed by atoms with E-state index >= 15 is 0 Å². The summed E-state index contributed by atoms with van der Waals surface area (Å²) in [6.45, 7) is 2.70. The van der Waals surface area contributed by atoms with Crippen LogP contribution >= 0.6 is 27.5 Å². The van der Waals surface area contributed by atoms with E-state index in [9.17, 15) is 14.9 Å². The number of hydrogen-bond donors (Lipinski definition) is 0. The molecule has 0 radical (unpaired) electrons. The van der Waals surface area contributed by atoms with Gasteiger partial charge in [-0.2, -0.15) is 0 Å². The van der Waals surface area contributed by atoms with Crippen molar-refractivity contribution in [1.82, 2.24) is 4.90 Å². The molecular weight excluding hydrogens is 348 g/mol. The summed E-state index contributed by atoms with van der Waals surface area (Å²) in [6.07, 6.45) is 0.906. The highest BCUT2D eigenvalue weighted by atomic mass is 79.9. The lowest BCUT2D eigenvalue weighted by Gasteiger charge is -2.25. The van der Waals surface area contributed by atoms with Crippen molar-refractivity contribution in [2.45, 2.75) is 19.4 Å². The van der Waals surface area contributed by atoms with Crippen LogP contribution in [0.1, 0.15) is 23.7 Å². The molecule has 1 aliphatic rings. The topological polar surface area (TPSA) is 63.5 Å². The number of nitro groups is 1. The fourth-order valence-electron chi connectivity index (χ4n) is 2.49. The van der Waals surface area contributed by atoms with Crippen LogP contribution in [0, 0.1) is 16.0 Å². The van der Waals surface area contributed by atoms with Gasteiger partial charge in [-0.25, -0.2) is 0 Å². The molecule has 0 saturated carbocycles. The number of nitrogens with zero attached hydrogens (tertiary/aromatic N) is 2. The van der Waals surface area contributed by atoms with Gasteiger partial charge in [-0.1, -0.05) is 34.5 Å². The maximum atomic E-state index is 12.6. The Bertz CT molecular complexity index is 552. The third-order valence-electron chi connectivity index (χ3n) is 3.69. The highest BCUT2D eigenvalue weighted by Crippen LogP contribution is 2.30. The number of likely N-dealkylation sites (tertiary alicyclic amines) is 1. The first-order valence-electron chi connectivity index (χ1n) is 6.26. The first-order chi connectivity index (χ1) is 9.45. The molecule has 5 nitrogen and oxygen atoms in total. The van der Waals surface area contributed by atoms with Gasteiger partial charge < -0.3 is 4.90 Å². The Morgan fingerprint density at radius 2 is 2.30 bits per heavy atom. The van der Waals surface area contributed by atoms with Crippen LogP contribution in [0.25, 0.3) is 0 Å². The van der Waals surface area contributed by atoms with Crippen LogP contribution < -0.4 is 0 Å². The van der Waals surface area contributed by atoms with E-state index in [1.54, 1.807) is 4.90 Å². The Hall–Kier alpha value is -1.14. The second kappa shape index (κ2) is 6.10. The summed E-state index contributed by atoms with van der Waals surface area (Å²) in [6, 6.07) is 4.22. The number of halogens is 2. The molecule has 0 spiro atoms. The number of alkyl halides is 1. The second-order valence-corrected chi connectivity index (χ2v) is 5.99. The van der Waals surface area contributed by atoms with Crippen molar-refractivity contribution in [1.29, 1.82) is 0 Å². The summed E-state index contributed by atoms with van der Waals surface area (Å²) in [5, 5.41) is 12.0. The Kier molecular flexibility index (Phi) is 4.65. The molecule has 7 heteroatoms. The van der Waals surface area contributed by atoms with Crippen LogP contribution in [0.5, 0.6) is 0 Å². The van der Waals surface area contributed by atoms with E-state index in [1.807, 2.05) is 0 Å². The monoisotopic (exact) mass is 360 g/mol. The standard InChI is InChI=1S/C13H14BrClN2O3/c1-8-4-5-16(12(8)7-14)13(18)10-3-2-9(15)6-11(10)17(19)20/h2-3,6,8,12H,4-5,7H2,1H3. The van der Waals surface area contributed by atoms with E-state index in [-0.39, 0.29) is 28.2 Å². The predicted molar refractivity (Wildman–Crippen MR) is 80.5 cm³/mol. The fraction of sp³-hybridized carbons (Fsp3) is 0.462. The lowest BCUT2D eigenvalue weighted by atomic mass is 10.0. The average Bonchev–Trinajstić information content (AvgIpc) is 2.78. The molecule has 1 heterocycles. The number of carbonyl (C=O) groups excluding carboxylic acids is 1. The molecule has 1 amide bonds. The minimum absolute atomic E-state index is 0.0674. The van der Waals surface area contributed by atoms with Crippen molar-refractivity contribution in [3.8, 4) is 0 Å². The van der Waals surface area contributed by atoms with Gasteiger partial charge in [0.05, 0.1) is 4.92 Å². The van der Waals surface area contributed by atoms with Gasteiger partial charge in [0.25, 0.3) is 11.6 Å². The molecule has 0 bridgehead atoms. The summed E-state index contributed by atoms with van der Waals surface area (Å²) in [7, 11) is 0. The van der Waals surface area contributed by atoms with Gasteiger partial charge in [-0.3, -0.25) is 14.9 Å². The Morgan fingerprint density at radius 1 is 1.60 bits per heavy atom. The molecule has 0 aliphatic carbocycles. The molecule has 1 fully saturated rings. The SMILES string of the molecule is CC1CCN(C(=O)c2ccc(Cl)cc2[N+](=O)[O-])C1CBr. The normalized spacial score (nSPS) is 22.1. The van der Waals surface area contributed by atoms with Crippen molar-refractivity contribution in [3.05, 3.63) is 38.9 Å². The van der Waals surface area contributed by atoms with Crippen LogP contribution in [0.2, 0.25) is 5.02 Å². The number of carbonyl (C=O) groups is 1. The van der Waals surface area contributed by atoms with Crippen LogP contribution in [0.4, 0.5) is 5.69 Å². The zero-order valence-electron chi connectivity index (χ0n) is 10.9. The molecule has 1 aliphatic heterocycles. The fourth-order valence-corrected chi connectivity index (χ4v) is 3.64. The van der Waals surface area contributed by atoms with Crippen LogP contribution in [-0.2, 0) is 0 Å². The summed E-state index contributed by atoms with van der Waals surface area (Å²) >= 11 is 9.18. The van der Waals surface area contributed by atoms with E-state index in [4.69, 9.17) is 11.6 Å². The van der Waals surface area contributed by atoms with Gasteiger partial charge in [-0.05, 0) is 24.5 Å². The molecule has 2 rings (SSSR count). The maximum Gasteiger partial charge on any atom is 0.283 e. The second-order valence-electron chi connectivity index (χ2n) is 4.90. The summed E-state index contributed by atoms with van der Waals surface area (Å²) in [5.74, 6) is 0.0758. The molecular formula is C13H14BrClN2O3. The number of benzene rings is 1. The minimum atomic E-state index is -0.568. The number of nitro benzene ring substituents is 1. The average molecular weight is 362 g/mol. The van der Waals surface area contributed by atoms with Gasteiger partial charge in [0.2, 0.25) is 0 Å². The van der Waals surface area contributed by atoms with Crippen LogP contribution in [0.3, 0.4) is 0 Å². The molecule has 108 valence electrons. The Labute approximate surface area is 130 Å². The van der Waals surface area contributed by atoms with Gasteiger partial charge in [0.1, 0.15) is 5.56 Å². The Balaban J connectivity index is 2.37. The van der Waals surface area contributed by atoms with Crippen molar-refractivity contribution < 1.29 is 9.72 Å². The molecule has 2 unspecified atom stereocenters. The summed E-state index contributed by atoms with van der Waals surface area (Å²) in [4.78, 5) is 24.8. The van der Waals surface area contributed by atoms with Gasteiger partial charge in [-0.15, -0.1) is 0 Å². The zero-order valence-corrected chi connectivity index (χ0v) is 13.2. The van der Waals surface area contributed by atoms with Gasteiger partial charge in [0, 0.05) is 29.0 Å². The zero-order chi connectivity index (χ0) is 14.9. The Morgan fingerprint density at radius 3 is 2.90 bits per heavy atom. The molecule has 1 saturated heterocycles. The maximum absolute atomic E-state index is 12.6. The number of hydrogen-bond acceptors (Lipinski definition) is 3. The summed E-state index contributed by atoms with van der Waals surface area (Å²) in [5.41, 5.74) is -0.144. The largest absolute Gasteiger partial charge is 0.334 e. The number of amides is 1. The van der Waals surface area contributed by atoms with E-state index in [0.29, 0.717) is 17.8 Å². The lowest BCUT2D eigenvalue weighted by Crippen LogP contribution is -2.38. The van der Waals surface area contributed by atoms with Crippen LogP contribution in [-0.4, -0.2) is 33.6 Å². The predicted octanol–water partition coefficient (Wildman–Crippen LogP) is 3.49. The molecule has 1 aromatic rings. The van der Waals surface area contributed by atoms with Crippen molar-refractivity contribution in [3.63, 3.8) is 0 Å². The highest BCUT2D eigenvalue weighted by molar-refractivity contribution is 9.09. The highest BCUT2D eigenvalue weighted by Gasteiger charge is 2.36. The molecule has 20 heavy (non-hydrogen) atoms. The molecule has 2 atom stereocenters. The quantitative estimate of drug-likeness (QED) is 0.470. The first-order valence-corrected chi connectivity index (χ1v) is 7.76. The van der Waals surface area contributed by atoms with E-state index in [0.717, 1.165) is 6.42 Å². The molecule has 0 N–H and O–H groups in total. The van der Waals surface area contributed by atoms with E-state index in [2.05, 4.69) is 22.9 Å². The third kappa shape index (κ3) is 2.81. The lowest BCUT2D eigenvalue weighted by molar-refractivity contribution is -0.385. The number of rotatable bonds is 3.